The van der Waals surface area contributed by atoms with Crippen molar-refractivity contribution >= 4 is 11.7 Å². The normalized spacial score (nSPS) is 20.4. The summed E-state index contributed by atoms with van der Waals surface area (Å²) < 4.78 is 9.33. The van der Waals surface area contributed by atoms with Gasteiger partial charge in [-0.25, -0.2) is 4.79 Å². The van der Waals surface area contributed by atoms with Crippen LogP contribution in [-0.4, -0.2) is 61.3 Å². The number of fused-ring (bicyclic) bond motifs is 1. The van der Waals surface area contributed by atoms with Crippen molar-refractivity contribution in [1.82, 2.24) is 29.4 Å². The minimum absolute atomic E-state index is 0.0753. The summed E-state index contributed by atoms with van der Waals surface area (Å²) >= 11 is 0. The van der Waals surface area contributed by atoms with Gasteiger partial charge in [-0.1, -0.05) is 0 Å². The van der Waals surface area contributed by atoms with Gasteiger partial charge in [0, 0.05) is 25.7 Å². The van der Waals surface area contributed by atoms with E-state index in [4.69, 9.17) is 4.74 Å². The highest BCUT2D eigenvalue weighted by molar-refractivity contribution is 5.89. The molecule has 1 saturated heterocycles. The SMILES string of the molecule is C[C@@H]1COCCN1C(=O)Nc1cnn(Cc2nnc3n2CCCC3)c1. The number of nitrogens with one attached hydrogen (secondary N) is 1. The molecule has 134 valence electrons. The number of hydrogen-bond donors (Lipinski definition) is 1. The number of hydrogen-bond acceptors (Lipinski definition) is 5. The Labute approximate surface area is 146 Å². The molecule has 0 aromatic carbocycles. The van der Waals surface area contributed by atoms with Gasteiger partial charge in [0.2, 0.25) is 0 Å². The average Bonchev–Trinajstić information content (AvgIpc) is 3.23. The van der Waals surface area contributed by atoms with Crippen LogP contribution < -0.4 is 5.32 Å². The molecule has 9 nitrogen and oxygen atoms in total. The molecule has 0 radical (unpaired) electrons. The third kappa shape index (κ3) is 3.37. The molecule has 0 saturated carbocycles. The van der Waals surface area contributed by atoms with Crippen molar-refractivity contribution in [3.8, 4) is 0 Å². The van der Waals surface area contributed by atoms with Crippen molar-refractivity contribution in [2.75, 3.05) is 25.1 Å². The summed E-state index contributed by atoms with van der Waals surface area (Å²) in [6.07, 6.45) is 6.82. The lowest BCUT2D eigenvalue weighted by Crippen LogP contribution is -2.48. The van der Waals surface area contributed by atoms with Gasteiger partial charge in [0.15, 0.2) is 5.82 Å². The fraction of sp³-hybridized carbons (Fsp3) is 0.625. The van der Waals surface area contributed by atoms with E-state index in [-0.39, 0.29) is 12.1 Å². The van der Waals surface area contributed by atoms with E-state index < -0.39 is 0 Å². The number of carbonyl (C=O) groups excluding carboxylic acids is 1. The lowest BCUT2D eigenvalue weighted by Gasteiger charge is -2.33. The number of rotatable bonds is 3. The van der Waals surface area contributed by atoms with Crippen LogP contribution in [0, 0.1) is 0 Å². The summed E-state index contributed by atoms with van der Waals surface area (Å²) in [5.41, 5.74) is 0.682. The van der Waals surface area contributed by atoms with E-state index in [0.29, 0.717) is 32.0 Å². The fourth-order valence-electron chi connectivity index (χ4n) is 3.37. The van der Waals surface area contributed by atoms with Gasteiger partial charge in [-0.3, -0.25) is 4.68 Å². The van der Waals surface area contributed by atoms with E-state index in [1.807, 2.05) is 13.1 Å². The molecule has 2 aliphatic heterocycles. The lowest BCUT2D eigenvalue weighted by molar-refractivity contribution is 0.0222. The number of aryl methyl sites for hydroxylation is 1. The highest BCUT2D eigenvalue weighted by Crippen LogP contribution is 2.16. The zero-order valence-electron chi connectivity index (χ0n) is 14.4. The number of aromatic nitrogens is 5. The van der Waals surface area contributed by atoms with Gasteiger partial charge < -0.3 is 19.5 Å². The molecule has 1 fully saturated rings. The van der Waals surface area contributed by atoms with E-state index in [0.717, 1.165) is 31.0 Å². The van der Waals surface area contributed by atoms with E-state index in [1.165, 1.54) is 6.42 Å². The standard InChI is InChI=1S/C16H23N7O2/c1-12-11-25-7-6-22(12)16(24)18-13-8-17-21(9-13)10-15-20-19-14-4-2-3-5-23(14)15/h8-9,12H,2-7,10-11H2,1H3,(H,18,24)/t12-/m1/s1. The maximum absolute atomic E-state index is 12.4. The summed E-state index contributed by atoms with van der Waals surface area (Å²) in [5, 5.41) is 15.8. The van der Waals surface area contributed by atoms with Crippen molar-refractivity contribution in [2.45, 2.75) is 45.3 Å². The van der Waals surface area contributed by atoms with Crippen molar-refractivity contribution in [1.29, 1.82) is 0 Å². The van der Waals surface area contributed by atoms with E-state index in [1.54, 1.807) is 15.8 Å². The van der Waals surface area contributed by atoms with Gasteiger partial charge in [-0.2, -0.15) is 5.10 Å². The highest BCUT2D eigenvalue weighted by atomic mass is 16.5. The number of morpholine rings is 1. The second kappa shape index (κ2) is 6.83. The van der Waals surface area contributed by atoms with Gasteiger partial charge in [0.05, 0.1) is 31.1 Å². The van der Waals surface area contributed by atoms with Crippen LogP contribution >= 0.6 is 0 Å². The minimum atomic E-state index is -0.116. The molecule has 0 aliphatic carbocycles. The molecule has 4 rings (SSSR count). The molecular formula is C16H23N7O2. The molecule has 2 amide bonds. The summed E-state index contributed by atoms with van der Waals surface area (Å²) in [5.74, 6) is 1.97. The second-order valence-electron chi connectivity index (χ2n) is 6.62. The molecule has 0 bridgehead atoms. The van der Waals surface area contributed by atoms with Gasteiger partial charge in [-0.05, 0) is 19.8 Å². The summed E-state index contributed by atoms with van der Waals surface area (Å²) in [6.45, 7) is 5.26. The number of amides is 2. The smallest absolute Gasteiger partial charge is 0.322 e. The van der Waals surface area contributed by atoms with Gasteiger partial charge in [0.25, 0.3) is 0 Å². The number of carbonyl (C=O) groups is 1. The monoisotopic (exact) mass is 345 g/mol. The van der Waals surface area contributed by atoms with E-state index in [9.17, 15) is 4.79 Å². The molecular weight excluding hydrogens is 322 g/mol. The van der Waals surface area contributed by atoms with E-state index in [2.05, 4.69) is 25.2 Å². The predicted octanol–water partition coefficient (Wildman–Crippen LogP) is 1.11. The number of anilines is 1. The molecule has 0 unspecified atom stereocenters. The van der Waals surface area contributed by atoms with Crippen LogP contribution in [0.4, 0.5) is 10.5 Å². The zero-order valence-corrected chi connectivity index (χ0v) is 14.4. The fourth-order valence-corrected chi connectivity index (χ4v) is 3.37. The minimum Gasteiger partial charge on any atom is -0.377 e. The van der Waals surface area contributed by atoms with Crippen LogP contribution in [0.25, 0.3) is 0 Å². The first kappa shape index (κ1) is 16.1. The first-order chi connectivity index (χ1) is 12.2. The maximum atomic E-state index is 12.4. The topological polar surface area (TPSA) is 90.1 Å². The predicted molar refractivity (Wildman–Crippen MR) is 90.3 cm³/mol. The number of ether oxygens (including phenoxy) is 1. The molecule has 2 aromatic heterocycles. The van der Waals surface area contributed by atoms with Crippen LogP contribution in [-0.2, 0) is 24.2 Å². The lowest BCUT2D eigenvalue weighted by atomic mass is 10.2. The van der Waals surface area contributed by atoms with Crippen molar-refractivity contribution < 1.29 is 9.53 Å². The van der Waals surface area contributed by atoms with Crippen LogP contribution in [0.15, 0.2) is 12.4 Å². The Bertz CT molecular complexity index is 754. The Morgan fingerprint density at radius 3 is 3.16 bits per heavy atom. The molecule has 4 heterocycles. The Morgan fingerprint density at radius 1 is 1.36 bits per heavy atom. The van der Waals surface area contributed by atoms with E-state index >= 15 is 0 Å². The summed E-state index contributed by atoms with van der Waals surface area (Å²) in [4.78, 5) is 14.2. The van der Waals surface area contributed by atoms with Gasteiger partial charge >= 0.3 is 6.03 Å². The quantitative estimate of drug-likeness (QED) is 0.900. The van der Waals surface area contributed by atoms with Crippen molar-refractivity contribution in [3.63, 3.8) is 0 Å². The first-order valence-electron chi connectivity index (χ1n) is 8.79. The summed E-state index contributed by atoms with van der Waals surface area (Å²) in [6, 6.07) is -0.0403. The average molecular weight is 345 g/mol. The van der Waals surface area contributed by atoms with Crippen molar-refractivity contribution in [3.05, 3.63) is 24.0 Å². The largest absolute Gasteiger partial charge is 0.377 e. The number of nitrogens with zero attached hydrogens (tertiary/aromatic N) is 6. The molecule has 2 aromatic rings. The van der Waals surface area contributed by atoms with Crippen LogP contribution in [0.3, 0.4) is 0 Å². The van der Waals surface area contributed by atoms with Crippen LogP contribution in [0.2, 0.25) is 0 Å². The third-order valence-electron chi connectivity index (χ3n) is 4.75. The third-order valence-corrected chi connectivity index (χ3v) is 4.75. The molecule has 0 spiro atoms. The second-order valence-corrected chi connectivity index (χ2v) is 6.62. The Balaban J connectivity index is 1.40. The first-order valence-corrected chi connectivity index (χ1v) is 8.79. The van der Waals surface area contributed by atoms with Gasteiger partial charge in [0.1, 0.15) is 12.4 Å². The Kier molecular flexibility index (Phi) is 4.39. The number of urea groups is 1. The van der Waals surface area contributed by atoms with Crippen LogP contribution in [0.5, 0.6) is 0 Å². The van der Waals surface area contributed by atoms with Crippen LogP contribution in [0.1, 0.15) is 31.4 Å². The zero-order chi connectivity index (χ0) is 17.2. The maximum Gasteiger partial charge on any atom is 0.322 e. The van der Waals surface area contributed by atoms with Gasteiger partial charge in [-0.15, -0.1) is 10.2 Å². The Hall–Kier alpha value is -2.42. The molecule has 2 aliphatic rings. The summed E-state index contributed by atoms with van der Waals surface area (Å²) in [7, 11) is 0. The molecule has 25 heavy (non-hydrogen) atoms. The molecule has 1 N–H and O–H groups in total. The molecule has 1 atom stereocenters. The van der Waals surface area contributed by atoms with Crippen molar-refractivity contribution in [2.24, 2.45) is 0 Å². The molecule has 9 heteroatoms. The highest BCUT2D eigenvalue weighted by Gasteiger charge is 2.24. The Morgan fingerprint density at radius 2 is 2.28 bits per heavy atom.